The summed E-state index contributed by atoms with van der Waals surface area (Å²) in [7, 11) is 0. The van der Waals surface area contributed by atoms with Crippen LogP contribution in [-0.4, -0.2) is 16.9 Å². The smallest absolute Gasteiger partial charge is 0.179 e. The highest BCUT2D eigenvalue weighted by Crippen LogP contribution is 2.40. The summed E-state index contributed by atoms with van der Waals surface area (Å²) in [5.41, 5.74) is 7.71. The van der Waals surface area contributed by atoms with E-state index in [1.54, 1.807) is 12.1 Å². The number of benzene rings is 1. The van der Waals surface area contributed by atoms with E-state index >= 15 is 0 Å². The number of nitrogens with two attached hydrogens (primary N) is 1. The largest absolute Gasteiger partial charge is 0.507 e. The van der Waals surface area contributed by atoms with Gasteiger partial charge in [0.1, 0.15) is 5.75 Å². The van der Waals surface area contributed by atoms with Crippen molar-refractivity contribution in [3.05, 3.63) is 28.8 Å². The van der Waals surface area contributed by atoms with Crippen molar-refractivity contribution in [2.45, 2.75) is 72.3 Å². The summed E-state index contributed by atoms with van der Waals surface area (Å²) < 4.78 is 0. The number of halogens is 1. The van der Waals surface area contributed by atoms with E-state index in [0.717, 1.165) is 11.1 Å². The topological polar surface area (TPSA) is 63.3 Å². The number of Topliss-reactive ketones (excluding diaryl/α,β-unsaturated/α-hetero) is 1. The zero-order valence-corrected chi connectivity index (χ0v) is 16.5. The molecule has 0 amide bonds. The Balaban J connectivity index is 0.00000484. The zero-order chi connectivity index (χ0) is 17.5. The van der Waals surface area contributed by atoms with Crippen LogP contribution in [-0.2, 0) is 10.8 Å². The number of phenols is 1. The minimum Gasteiger partial charge on any atom is -0.507 e. The highest BCUT2D eigenvalue weighted by molar-refractivity contribution is 6.00. The summed E-state index contributed by atoms with van der Waals surface area (Å²) in [6.07, 6.45) is 0. The molecule has 0 aliphatic carbocycles. The SMILES string of the molecule is CC(C)C(N)C(=O)c1cc(C(C)(C)C)c(O)c(C(C)(C)C)c1.Cl. The molecule has 0 fully saturated rings. The number of hydrogen-bond donors (Lipinski definition) is 2. The Kier molecular flexibility index (Phi) is 6.89. The molecule has 0 saturated carbocycles. The number of hydrogen-bond acceptors (Lipinski definition) is 3. The summed E-state index contributed by atoms with van der Waals surface area (Å²) in [6.45, 7) is 16.1. The van der Waals surface area contributed by atoms with Gasteiger partial charge in [-0.1, -0.05) is 55.4 Å². The van der Waals surface area contributed by atoms with E-state index in [0.29, 0.717) is 5.56 Å². The quantitative estimate of drug-likeness (QED) is 0.791. The molecule has 0 bridgehead atoms. The van der Waals surface area contributed by atoms with Gasteiger partial charge in [0.15, 0.2) is 5.78 Å². The molecule has 3 N–H and O–H groups in total. The molecule has 1 atom stereocenters. The molecule has 1 aromatic carbocycles. The molecule has 0 aliphatic heterocycles. The van der Waals surface area contributed by atoms with E-state index in [9.17, 15) is 9.90 Å². The van der Waals surface area contributed by atoms with Crippen LogP contribution in [0.3, 0.4) is 0 Å². The van der Waals surface area contributed by atoms with Gasteiger partial charge in [0.2, 0.25) is 0 Å². The molecule has 0 radical (unpaired) electrons. The van der Waals surface area contributed by atoms with Crippen molar-refractivity contribution < 1.29 is 9.90 Å². The van der Waals surface area contributed by atoms with E-state index < -0.39 is 6.04 Å². The summed E-state index contributed by atoms with van der Waals surface area (Å²) in [5.74, 6) is 0.304. The van der Waals surface area contributed by atoms with Crippen molar-refractivity contribution in [1.29, 1.82) is 0 Å². The monoisotopic (exact) mass is 341 g/mol. The van der Waals surface area contributed by atoms with Crippen LogP contribution in [0.4, 0.5) is 0 Å². The molecule has 0 spiro atoms. The van der Waals surface area contributed by atoms with Crippen molar-refractivity contribution in [3.8, 4) is 5.75 Å². The fourth-order valence-corrected chi connectivity index (χ4v) is 2.42. The highest BCUT2D eigenvalue weighted by Gasteiger charge is 2.29. The zero-order valence-electron chi connectivity index (χ0n) is 15.7. The fourth-order valence-electron chi connectivity index (χ4n) is 2.42. The summed E-state index contributed by atoms with van der Waals surface area (Å²) in [6, 6.07) is 3.08. The Labute approximate surface area is 147 Å². The van der Waals surface area contributed by atoms with Gasteiger partial charge in [-0.05, 0) is 28.9 Å². The summed E-state index contributed by atoms with van der Waals surface area (Å²) in [4.78, 5) is 12.6. The summed E-state index contributed by atoms with van der Waals surface area (Å²) in [5, 5.41) is 10.7. The Morgan fingerprint density at radius 3 is 1.61 bits per heavy atom. The molecule has 0 aromatic heterocycles. The van der Waals surface area contributed by atoms with Crippen LogP contribution in [0.15, 0.2) is 12.1 Å². The average Bonchev–Trinajstić information content (AvgIpc) is 2.34. The molecule has 4 heteroatoms. The van der Waals surface area contributed by atoms with Crippen molar-refractivity contribution in [2.24, 2.45) is 11.7 Å². The van der Waals surface area contributed by atoms with Crippen molar-refractivity contribution in [3.63, 3.8) is 0 Å². The molecular weight excluding hydrogens is 310 g/mol. The molecule has 23 heavy (non-hydrogen) atoms. The van der Waals surface area contributed by atoms with Crippen molar-refractivity contribution >= 4 is 18.2 Å². The van der Waals surface area contributed by atoms with Crippen LogP contribution in [0.2, 0.25) is 0 Å². The predicted molar refractivity (Wildman–Crippen MR) is 99.9 cm³/mol. The first kappa shape index (κ1) is 21.9. The molecule has 132 valence electrons. The Hall–Kier alpha value is -1.06. The second-order valence-electron chi connectivity index (χ2n) is 8.55. The molecule has 1 unspecified atom stereocenters. The maximum atomic E-state index is 12.6. The lowest BCUT2D eigenvalue weighted by molar-refractivity contribution is 0.0940. The molecule has 0 heterocycles. The Morgan fingerprint density at radius 1 is 1.00 bits per heavy atom. The van der Waals surface area contributed by atoms with E-state index in [1.807, 2.05) is 55.4 Å². The maximum absolute atomic E-state index is 12.6. The van der Waals surface area contributed by atoms with E-state index in [-0.39, 0.29) is 40.7 Å². The van der Waals surface area contributed by atoms with Gasteiger partial charge in [-0.25, -0.2) is 0 Å². The molecule has 1 rings (SSSR count). The van der Waals surface area contributed by atoms with Crippen molar-refractivity contribution in [1.82, 2.24) is 0 Å². The molecule has 3 nitrogen and oxygen atoms in total. The van der Waals surface area contributed by atoms with E-state index in [4.69, 9.17) is 5.73 Å². The number of carbonyl (C=O) groups is 1. The minimum absolute atomic E-state index is 0. The third-order valence-corrected chi connectivity index (χ3v) is 4.03. The Bertz CT molecular complexity index is 531. The van der Waals surface area contributed by atoms with Gasteiger partial charge in [0, 0.05) is 16.7 Å². The highest BCUT2D eigenvalue weighted by atomic mass is 35.5. The molecule has 0 aliphatic rings. The first-order valence-corrected chi connectivity index (χ1v) is 7.94. The number of aromatic hydroxyl groups is 1. The van der Waals surface area contributed by atoms with Crippen LogP contribution in [0.25, 0.3) is 0 Å². The van der Waals surface area contributed by atoms with Gasteiger partial charge in [-0.3, -0.25) is 4.79 Å². The van der Waals surface area contributed by atoms with Crippen LogP contribution in [0.1, 0.15) is 76.9 Å². The lowest BCUT2D eigenvalue weighted by Gasteiger charge is -2.28. The second kappa shape index (κ2) is 7.23. The normalized spacial score (nSPS) is 13.7. The fraction of sp³-hybridized carbons (Fsp3) is 0.632. The first-order chi connectivity index (χ1) is 9.76. The first-order valence-electron chi connectivity index (χ1n) is 7.94. The maximum Gasteiger partial charge on any atom is 0.179 e. The van der Waals surface area contributed by atoms with Gasteiger partial charge in [0.25, 0.3) is 0 Å². The van der Waals surface area contributed by atoms with Gasteiger partial charge in [-0.15, -0.1) is 12.4 Å². The molecule has 0 saturated heterocycles. The van der Waals surface area contributed by atoms with E-state index in [1.165, 1.54) is 0 Å². The number of carbonyl (C=O) groups excluding carboxylic acids is 1. The standard InChI is InChI=1S/C19H31NO2.ClH/c1-11(2)15(20)16(21)12-9-13(18(3,4)5)17(22)14(10-12)19(6,7)8;/h9-11,15,22H,20H2,1-8H3;1H. The lowest BCUT2D eigenvalue weighted by atomic mass is 9.77. The number of ketones is 1. The van der Waals surface area contributed by atoms with Crippen molar-refractivity contribution in [2.75, 3.05) is 0 Å². The molecular formula is C19H32ClNO2. The third kappa shape index (κ3) is 4.95. The predicted octanol–water partition coefficient (Wildman–Crippen LogP) is 4.58. The minimum atomic E-state index is -0.523. The van der Waals surface area contributed by atoms with Gasteiger partial charge in [0.05, 0.1) is 6.04 Å². The lowest BCUT2D eigenvalue weighted by Crippen LogP contribution is -2.36. The van der Waals surface area contributed by atoms with Crippen LogP contribution >= 0.6 is 12.4 Å². The van der Waals surface area contributed by atoms with Crippen LogP contribution < -0.4 is 5.73 Å². The second-order valence-corrected chi connectivity index (χ2v) is 8.55. The van der Waals surface area contributed by atoms with Gasteiger partial charge >= 0.3 is 0 Å². The summed E-state index contributed by atoms with van der Waals surface area (Å²) >= 11 is 0. The third-order valence-electron chi connectivity index (χ3n) is 4.03. The van der Waals surface area contributed by atoms with Crippen LogP contribution in [0, 0.1) is 5.92 Å². The average molecular weight is 342 g/mol. The van der Waals surface area contributed by atoms with E-state index in [2.05, 4.69) is 0 Å². The molecule has 1 aromatic rings. The number of rotatable bonds is 3. The Morgan fingerprint density at radius 2 is 1.35 bits per heavy atom. The van der Waals surface area contributed by atoms with Gasteiger partial charge < -0.3 is 10.8 Å². The van der Waals surface area contributed by atoms with Gasteiger partial charge in [-0.2, -0.15) is 0 Å². The number of phenolic OH excluding ortho intramolecular Hbond substituents is 1. The van der Waals surface area contributed by atoms with Crippen LogP contribution in [0.5, 0.6) is 5.75 Å².